The number of hydrogen-bond acceptors (Lipinski definition) is 1. The zero-order chi connectivity index (χ0) is 9.80. The number of benzene rings is 2. The minimum atomic E-state index is 1.12. The van der Waals surface area contributed by atoms with Gasteiger partial charge in [-0.1, -0.05) is 45.9 Å². The van der Waals surface area contributed by atoms with Crippen molar-refractivity contribution in [2.24, 2.45) is 0 Å². The summed E-state index contributed by atoms with van der Waals surface area (Å²) in [4.78, 5) is 2.48. The normalized spacial score (nSPS) is 10.1. The van der Waals surface area contributed by atoms with Gasteiger partial charge in [0.25, 0.3) is 0 Å². The second kappa shape index (κ2) is 4.67. The molecule has 0 bridgehead atoms. The number of halogens is 1. The lowest BCUT2D eigenvalue weighted by Gasteiger charge is -2.00. The van der Waals surface area contributed by atoms with Crippen molar-refractivity contribution in [3.05, 3.63) is 59.1 Å². The van der Waals surface area contributed by atoms with Crippen LogP contribution in [0.2, 0.25) is 0 Å². The Bertz CT molecular complexity index is 412. The van der Waals surface area contributed by atoms with Crippen molar-refractivity contribution in [1.82, 2.24) is 0 Å². The van der Waals surface area contributed by atoms with Crippen LogP contribution in [0.25, 0.3) is 0 Å². The van der Waals surface area contributed by atoms with Crippen LogP contribution in [0, 0.1) is 6.07 Å². The number of rotatable bonds is 2. The molecule has 0 saturated carbocycles. The first-order chi connectivity index (χ1) is 6.84. The van der Waals surface area contributed by atoms with Crippen LogP contribution < -0.4 is 0 Å². The SMILES string of the molecule is Brc1cccc(Sc2cc[c]cc2)c1. The van der Waals surface area contributed by atoms with Gasteiger partial charge in [0.15, 0.2) is 0 Å². The van der Waals surface area contributed by atoms with Crippen molar-refractivity contribution in [2.75, 3.05) is 0 Å². The van der Waals surface area contributed by atoms with Crippen LogP contribution in [0.4, 0.5) is 0 Å². The smallest absolute Gasteiger partial charge is 0.0186 e. The second-order valence-electron chi connectivity index (χ2n) is 2.80. The van der Waals surface area contributed by atoms with Gasteiger partial charge in [0, 0.05) is 14.3 Å². The van der Waals surface area contributed by atoms with Gasteiger partial charge in [-0.2, -0.15) is 0 Å². The average Bonchev–Trinajstić information content (AvgIpc) is 2.19. The Morgan fingerprint density at radius 1 is 1.00 bits per heavy atom. The fourth-order valence-corrected chi connectivity index (χ4v) is 2.53. The first-order valence-electron chi connectivity index (χ1n) is 4.24. The predicted octanol–water partition coefficient (Wildman–Crippen LogP) is 4.40. The lowest BCUT2D eigenvalue weighted by molar-refractivity contribution is 1.39. The maximum Gasteiger partial charge on any atom is 0.0186 e. The van der Waals surface area contributed by atoms with E-state index in [1.165, 1.54) is 9.79 Å². The van der Waals surface area contributed by atoms with Crippen LogP contribution in [-0.4, -0.2) is 0 Å². The van der Waals surface area contributed by atoms with E-state index in [0.717, 1.165) is 4.47 Å². The summed E-state index contributed by atoms with van der Waals surface area (Å²) in [7, 11) is 0. The van der Waals surface area contributed by atoms with Gasteiger partial charge in [0.1, 0.15) is 0 Å². The van der Waals surface area contributed by atoms with Crippen molar-refractivity contribution in [1.29, 1.82) is 0 Å². The van der Waals surface area contributed by atoms with E-state index in [1.54, 1.807) is 11.8 Å². The molecule has 14 heavy (non-hydrogen) atoms. The van der Waals surface area contributed by atoms with Gasteiger partial charge < -0.3 is 0 Å². The van der Waals surface area contributed by atoms with Gasteiger partial charge in [0.05, 0.1) is 0 Å². The number of hydrogen-bond donors (Lipinski definition) is 0. The van der Waals surface area contributed by atoms with E-state index in [0.29, 0.717) is 0 Å². The maximum atomic E-state index is 3.46. The molecule has 0 N–H and O–H groups in total. The molecule has 0 aliphatic heterocycles. The zero-order valence-electron chi connectivity index (χ0n) is 7.41. The molecule has 69 valence electrons. The van der Waals surface area contributed by atoms with Gasteiger partial charge in [-0.05, 0) is 36.4 Å². The van der Waals surface area contributed by atoms with Crippen LogP contribution in [0.1, 0.15) is 0 Å². The van der Waals surface area contributed by atoms with E-state index in [4.69, 9.17) is 0 Å². The minimum absolute atomic E-state index is 1.12. The van der Waals surface area contributed by atoms with Crippen molar-refractivity contribution >= 4 is 27.7 Å². The topological polar surface area (TPSA) is 0 Å². The molecule has 0 amide bonds. The quantitative estimate of drug-likeness (QED) is 0.774. The van der Waals surface area contributed by atoms with E-state index in [1.807, 2.05) is 24.3 Å². The highest BCUT2D eigenvalue weighted by Crippen LogP contribution is 2.28. The van der Waals surface area contributed by atoms with Crippen molar-refractivity contribution < 1.29 is 0 Å². The lowest BCUT2D eigenvalue weighted by Crippen LogP contribution is -1.72. The Kier molecular flexibility index (Phi) is 3.27. The molecule has 0 heterocycles. The third-order valence-electron chi connectivity index (χ3n) is 1.72. The van der Waals surface area contributed by atoms with Crippen molar-refractivity contribution in [3.63, 3.8) is 0 Å². The highest BCUT2D eigenvalue weighted by atomic mass is 79.9. The highest BCUT2D eigenvalue weighted by molar-refractivity contribution is 9.10. The summed E-state index contributed by atoms with van der Waals surface area (Å²) in [6.07, 6.45) is 0. The maximum absolute atomic E-state index is 3.46. The van der Waals surface area contributed by atoms with E-state index in [2.05, 4.69) is 46.3 Å². The monoisotopic (exact) mass is 263 g/mol. The molecular formula is C12H8BrS. The molecule has 0 spiro atoms. The van der Waals surface area contributed by atoms with E-state index in [9.17, 15) is 0 Å². The highest BCUT2D eigenvalue weighted by Gasteiger charge is 1.96. The predicted molar refractivity (Wildman–Crippen MR) is 63.5 cm³/mol. The molecule has 0 fully saturated rings. The first-order valence-corrected chi connectivity index (χ1v) is 5.85. The van der Waals surface area contributed by atoms with Crippen LogP contribution in [0.15, 0.2) is 62.8 Å². The fourth-order valence-electron chi connectivity index (χ4n) is 1.11. The Labute approximate surface area is 96.5 Å². The average molecular weight is 264 g/mol. The Morgan fingerprint density at radius 2 is 1.79 bits per heavy atom. The van der Waals surface area contributed by atoms with Gasteiger partial charge in [-0.25, -0.2) is 0 Å². The Hall–Kier alpha value is -0.730. The minimum Gasteiger partial charge on any atom is -0.0901 e. The largest absolute Gasteiger partial charge is 0.0901 e. The van der Waals surface area contributed by atoms with Gasteiger partial charge in [-0.15, -0.1) is 0 Å². The molecule has 2 heteroatoms. The molecule has 2 aromatic carbocycles. The first kappa shape index (κ1) is 9.81. The molecule has 0 nitrogen and oxygen atoms in total. The molecule has 0 atom stereocenters. The molecule has 2 rings (SSSR count). The summed E-state index contributed by atoms with van der Waals surface area (Å²) < 4.78 is 1.12. The summed E-state index contributed by atoms with van der Waals surface area (Å²) in [5, 5.41) is 0. The molecule has 0 aliphatic rings. The van der Waals surface area contributed by atoms with E-state index in [-0.39, 0.29) is 0 Å². The summed E-state index contributed by atoms with van der Waals surface area (Å²) in [6, 6.07) is 19.3. The van der Waals surface area contributed by atoms with E-state index >= 15 is 0 Å². The van der Waals surface area contributed by atoms with Gasteiger partial charge >= 0.3 is 0 Å². The fraction of sp³-hybridized carbons (Fsp3) is 0. The molecule has 0 unspecified atom stereocenters. The summed E-state index contributed by atoms with van der Waals surface area (Å²) in [5.41, 5.74) is 0. The molecule has 0 aliphatic carbocycles. The van der Waals surface area contributed by atoms with Crippen LogP contribution in [0.5, 0.6) is 0 Å². The standard InChI is InChI=1S/C12H8BrS/c13-10-5-4-8-12(9-10)14-11-6-2-1-3-7-11/h2-9H. The Morgan fingerprint density at radius 3 is 2.50 bits per heavy atom. The van der Waals surface area contributed by atoms with Gasteiger partial charge in [0.2, 0.25) is 0 Å². The van der Waals surface area contributed by atoms with E-state index < -0.39 is 0 Å². The molecule has 0 saturated heterocycles. The third-order valence-corrected chi connectivity index (χ3v) is 3.21. The van der Waals surface area contributed by atoms with Crippen LogP contribution in [-0.2, 0) is 0 Å². The third kappa shape index (κ3) is 2.63. The Balaban J connectivity index is 2.19. The van der Waals surface area contributed by atoms with Crippen molar-refractivity contribution in [2.45, 2.75) is 9.79 Å². The van der Waals surface area contributed by atoms with Crippen LogP contribution >= 0.6 is 27.7 Å². The lowest BCUT2D eigenvalue weighted by atomic mass is 10.4. The zero-order valence-corrected chi connectivity index (χ0v) is 9.81. The van der Waals surface area contributed by atoms with Crippen molar-refractivity contribution in [3.8, 4) is 0 Å². The molecule has 1 radical (unpaired) electrons. The van der Waals surface area contributed by atoms with Crippen LogP contribution in [0.3, 0.4) is 0 Å². The molecule has 0 aromatic heterocycles. The molecule has 2 aromatic rings. The second-order valence-corrected chi connectivity index (χ2v) is 4.86. The summed E-state index contributed by atoms with van der Waals surface area (Å²) >= 11 is 5.21. The summed E-state index contributed by atoms with van der Waals surface area (Å²) in [5.74, 6) is 0. The summed E-state index contributed by atoms with van der Waals surface area (Å²) in [6.45, 7) is 0. The molecular weight excluding hydrogens is 256 g/mol. The van der Waals surface area contributed by atoms with Gasteiger partial charge in [-0.3, -0.25) is 0 Å².